The second-order valence-corrected chi connectivity index (χ2v) is 6.63. The number of nitrogens with zero attached hydrogens (tertiary/aromatic N) is 3. The predicted molar refractivity (Wildman–Crippen MR) is 91.3 cm³/mol. The third-order valence-corrected chi connectivity index (χ3v) is 5.26. The Kier molecular flexibility index (Phi) is 3.88. The highest BCUT2D eigenvalue weighted by Gasteiger charge is 2.40. The first kappa shape index (κ1) is 15.4. The Hall–Kier alpha value is -2.14. The molecule has 5 nitrogen and oxygen atoms in total. The van der Waals surface area contributed by atoms with Crippen LogP contribution in [0.5, 0.6) is 11.5 Å². The van der Waals surface area contributed by atoms with Gasteiger partial charge in [-0.1, -0.05) is 6.07 Å². The quantitative estimate of drug-likeness (QED) is 0.864. The van der Waals surface area contributed by atoms with Gasteiger partial charge in [0.05, 0.1) is 19.9 Å². The van der Waals surface area contributed by atoms with Crippen LogP contribution in [0.25, 0.3) is 0 Å². The molecule has 0 radical (unpaired) electrons. The average molecular weight is 325 g/mol. The molecule has 2 bridgehead atoms. The van der Waals surface area contributed by atoms with Crippen molar-refractivity contribution in [2.24, 2.45) is 0 Å². The van der Waals surface area contributed by atoms with Gasteiger partial charge in [-0.2, -0.15) is 0 Å². The fourth-order valence-corrected chi connectivity index (χ4v) is 4.11. The zero-order chi connectivity index (χ0) is 16.7. The molecule has 24 heavy (non-hydrogen) atoms. The van der Waals surface area contributed by atoms with Crippen LogP contribution in [0.4, 0.5) is 0 Å². The zero-order valence-electron chi connectivity index (χ0n) is 14.5. The summed E-state index contributed by atoms with van der Waals surface area (Å²) >= 11 is 0. The summed E-state index contributed by atoms with van der Waals surface area (Å²) in [6.07, 6.45) is 5.48. The SMILES string of the molecule is COc1ccc(CN2[C@H]3CC[C@H]2c2cnc(C)nc2C3)cc1OC. The Bertz CT molecular complexity index is 762. The van der Waals surface area contributed by atoms with Crippen LogP contribution in [0.1, 0.15) is 41.5 Å². The van der Waals surface area contributed by atoms with Crippen molar-refractivity contribution in [1.82, 2.24) is 14.9 Å². The summed E-state index contributed by atoms with van der Waals surface area (Å²) in [6, 6.07) is 7.21. The van der Waals surface area contributed by atoms with Gasteiger partial charge in [0.15, 0.2) is 11.5 Å². The summed E-state index contributed by atoms with van der Waals surface area (Å²) in [5.74, 6) is 2.44. The molecule has 1 aromatic heterocycles. The van der Waals surface area contributed by atoms with Crippen molar-refractivity contribution >= 4 is 0 Å². The number of hydrogen-bond acceptors (Lipinski definition) is 5. The minimum Gasteiger partial charge on any atom is -0.493 e. The molecule has 0 unspecified atom stereocenters. The molecule has 2 aliphatic heterocycles. The highest BCUT2D eigenvalue weighted by Crippen LogP contribution is 2.44. The number of aryl methyl sites for hydroxylation is 1. The van der Waals surface area contributed by atoms with E-state index in [0.717, 1.165) is 30.3 Å². The summed E-state index contributed by atoms with van der Waals surface area (Å²) < 4.78 is 10.8. The molecule has 1 saturated heterocycles. The van der Waals surface area contributed by atoms with E-state index in [1.165, 1.54) is 29.7 Å². The Morgan fingerprint density at radius 3 is 2.79 bits per heavy atom. The Morgan fingerprint density at radius 1 is 1.17 bits per heavy atom. The fourth-order valence-electron chi connectivity index (χ4n) is 4.11. The van der Waals surface area contributed by atoms with E-state index in [-0.39, 0.29) is 0 Å². The highest BCUT2D eigenvalue weighted by molar-refractivity contribution is 5.43. The van der Waals surface area contributed by atoms with Crippen molar-refractivity contribution in [2.75, 3.05) is 14.2 Å². The fraction of sp³-hybridized carbons (Fsp3) is 0.474. The van der Waals surface area contributed by atoms with Crippen LogP contribution in [0.3, 0.4) is 0 Å². The normalized spacial score (nSPS) is 22.3. The van der Waals surface area contributed by atoms with Crippen LogP contribution in [-0.2, 0) is 13.0 Å². The molecule has 1 aromatic carbocycles. The van der Waals surface area contributed by atoms with Crippen LogP contribution in [0.2, 0.25) is 0 Å². The molecule has 4 rings (SSSR count). The van der Waals surface area contributed by atoms with Crippen LogP contribution < -0.4 is 9.47 Å². The molecule has 0 N–H and O–H groups in total. The van der Waals surface area contributed by atoms with Gasteiger partial charge < -0.3 is 9.47 Å². The van der Waals surface area contributed by atoms with E-state index >= 15 is 0 Å². The largest absolute Gasteiger partial charge is 0.493 e. The summed E-state index contributed by atoms with van der Waals surface area (Å²) in [4.78, 5) is 11.7. The second kappa shape index (κ2) is 6.06. The summed E-state index contributed by atoms with van der Waals surface area (Å²) in [6.45, 7) is 2.89. The third-order valence-electron chi connectivity index (χ3n) is 5.26. The molecule has 1 fully saturated rings. The van der Waals surface area contributed by atoms with Gasteiger partial charge in [-0.25, -0.2) is 9.97 Å². The Morgan fingerprint density at radius 2 is 2.00 bits per heavy atom. The van der Waals surface area contributed by atoms with E-state index in [9.17, 15) is 0 Å². The molecule has 126 valence electrons. The minimum atomic E-state index is 0.437. The van der Waals surface area contributed by atoms with Gasteiger partial charge in [0.2, 0.25) is 0 Å². The third kappa shape index (κ3) is 2.53. The molecular formula is C19H23N3O2. The van der Waals surface area contributed by atoms with E-state index in [2.05, 4.69) is 27.0 Å². The maximum Gasteiger partial charge on any atom is 0.161 e. The first-order valence-electron chi connectivity index (χ1n) is 8.48. The molecule has 0 amide bonds. The highest BCUT2D eigenvalue weighted by atomic mass is 16.5. The predicted octanol–water partition coefficient (Wildman–Crippen LogP) is 3.06. The average Bonchev–Trinajstić information content (AvgIpc) is 2.87. The van der Waals surface area contributed by atoms with Crippen molar-refractivity contribution in [2.45, 2.75) is 44.8 Å². The molecule has 0 saturated carbocycles. The van der Waals surface area contributed by atoms with E-state index in [0.29, 0.717) is 12.1 Å². The van der Waals surface area contributed by atoms with Crippen LogP contribution in [-0.4, -0.2) is 35.1 Å². The van der Waals surface area contributed by atoms with E-state index < -0.39 is 0 Å². The van der Waals surface area contributed by atoms with E-state index in [4.69, 9.17) is 9.47 Å². The number of fused-ring (bicyclic) bond motifs is 4. The van der Waals surface area contributed by atoms with Gasteiger partial charge in [0.25, 0.3) is 0 Å². The van der Waals surface area contributed by atoms with Gasteiger partial charge in [-0.15, -0.1) is 0 Å². The lowest BCUT2D eigenvalue weighted by atomic mass is 9.98. The monoisotopic (exact) mass is 325 g/mol. The molecule has 5 heteroatoms. The molecule has 0 aliphatic carbocycles. The van der Waals surface area contributed by atoms with Gasteiger partial charge in [-0.3, -0.25) is 4.90 Å². The second-order valence-electron chi connectivity index (χ2n) is 6.63. The number of aromatic nitrogens is 2. The standard InChI is InChI=1S/C19H23N3O2/c1-12-20-10-15-16(21-12)9-14-5-6-17(15)22(14)11-13-4-7-18(23-2)19(8-13)24-3/h4,7-8,10,14,17H,5-6,9,11H2,1-3H3/t14-,17-/m0/s1. The molecule has 3 heterocycles. The van der Waals surface area contributed by atoms with Gasteiger partial charge in [0, 0.05) is 36.8 Å². The number of methoxy groups -OCH3 is 2. The summed E-state index contributed by atoms with van der Waals surface area (Å²) in [5, 5.41) is 0. The molecular weight excluding hydrogens is 302 g/mol. The zero-order valence-corrected chi connectivity index (χ0v) is 14.5. The minimum absolute atomic E-state index is 0.437. The van der Waals surface area contributed by atoms with Crippen molar-refractivity contribution in [3.8, 4) is 11.5 Å². The molecule has 0 spiro atoms. The van der Waals surface area contributed by atoms with Gasteiger partial charge in [0.1, 0.15) is 5.82 Å². The van der Waals surface area contributed by atoms with Gasteiger partial charge in [-0.05, 0) is 37.5 Å². The maximum atomic E-state index is 5.44. The maximum absolute atomic E-state index is 5.44. The van der Waals surface area contributed by atoms with Crippen LogP contribution in [0, 0.1) is 6.92 Å². The topological polar surface area (TPSA) is 47.5 Å². The lowest BCUT2D eigenvalue weighted by molar-refractivity contribution is 0.166. The van der Waals surface area contributed by atoms with Crippen LogP contribution >= 0.6 is 0 Å². The molecule has 2 atom stereocenters. The Balaban J connectivity index is 1.61. The number of rotatable bonds is 4. The van der Waals surface area contributed by atoms with Crippen molar-refractivity contribution < 1.29 is 9.47 Å². The van der Waals surface area contributed by atoms with E-state index in [1.54, 1.807) is 14.2 Å². The summed E-state index contributed by atoms with van der Waals surface area (Å²) in [5.41, 5.74) is 3.81. The van der Waals surface area contributed by atoms with Crippen LogP contribution in [0.15, 0.2) is 24.4 Å². The van der Waals surface area contributed by atoms with Crippen molar-refractivity contribution in [3.63, 3.8) is 0 Å². The summed E-state index contributed by atoms with van der Waals surface area (Å²) in [7, 11) is 3.35. The van der Waals surface area contributed by atoms with E-state index in [1.807, 2.05) is 19.2 Å². The first-order chi connectivity index (χ1) is 11.7. The smallest absolute Gasteiger partial charge is 0.161 e. The lowest BCUT2D eigenvalue weighted by Crippen LogP contribution is -2.37. The van der Waals surface area contributed by atoms with Crippen molar-refractivity contribution in [1.29, 1.82) is 0 Å². The van der Waals surface area contributed by atoms with Crippen molar-refractivity contribution in [3.05, 3.63) is 47.0 Å². The number of benzene rings is 1. The number of ether oxygens (including phenoxy) is 2. The Labute approximate surface area is 142 Å². The number of hydrogen-bond donors (Lipinski definition) is 0. The van der Waals surface area contributed by atoms with Gasteiger partial charge >= 0.3 is 0 Å². The first-order valence-corrected chi connectivity index (χ1v) is 8.48. The lowest BCUT2D eigenvalue weighted by Gasteiger charge is -2.35. The molecule has 2 aliphatic rings. The molecule has 2 aromatic rings.